The Morgan fingerprint density at radius 2 is 1.91 bits per heavy atom. The predicted molar refractivity (Wildman–Crippen MR) is 158 cm³/mol. The smallest absolute Gasteiger partial charge is 0.275 e. The molecule has 2 aromatic carbocycles. The molecule has 7 rings (SSSR count). The van der Waals surface area contributed by atoms with E-state index in [1.54, 1.807) is 9.47 Å². The fraction of sp³-hybridized carbons (Fsp3) is 0.364. The highest BCUT2D eigenvalue weighted by Crippen LogP contribution is 2.47. The molecule has 11 nitrogen and oxygen atoms in total. The molecule has 46 heavy (non-hydrogen) atoms. The minimum atomic E-state index is -1.19. The summed E-state index contributed by atoms with van der Waals surface area (Å²) in [6, 6.07) is 11.3. The Labute approximate surface area is 262 Å². The number of ether oxygens (including phenoxy) is 3. The first kappa shape index (κ1) is 30.2. The van der Waals surface area contributed by atoms with Crippen molar-refractivity contribution in [1.82, 2.24) is 14.5 Å². The van der Waals surface area contributed by atoms with Gasteiger partial charge in [0.2, 0.25) is 5.43 Å². The third-order valence-corrected chi connectivity index (χ3v) is 8.97. The second-order valence-electron chi connectivity index (χ2n) is 12.0. The zero-order chi connectivity index (χ0) is 32.2. The van der Waals surface area contributed by atoms with E-state index in [1.807, 2.05) is 49.4 Å². The second-order valence-corrected chi connectivity index (χ2v) is 12.0. The molecule has 3 aromatic rings. The maximum atomic E-state index is 14.8. The lowest BCUT2D eigenvalue weighted by Gasteiger charge is -2.42. The van der Waals surface area contributed by atoms with Gasteiger partial charge in [-0.2, -0.15) is 5.06 Å². The van der Waals surface area contributed by atoms with Crippen molar-refractivity contribution in [3.8, 4) is 5.75 Å². The summed E-state index contributed by atoms with van der Waals surface area (Å²) < 4.78 is 47.8. The SMILES string of the molecule is C[C@H]1C=C[C@@]2(CC(OC3COC3)N(Cc3ccc(F)cc3F)O2)[C@H]2CN1C(=O)c1c(OCc3ccccc3)c(=O)c(C(N)=O)cn12. The Hall–Kier alpha value is -4.43. The second kappa shape index (κ2) is 11.7. The molecule has 0 radical (unpaired) electrons. The van der Waals surface area contributed by atoms with Crippen molar-refractivity contribution in [2.45, 2.75) is 56.5 Å². The molecule has 4 aliphatic rings. The van der Waals surface area contributed by atoms with E-state index in [1.165, 1.54) is 23.4 Å². The standard InChI is InChI=1S/C33H32F2N4O7/c1-19-9-10-33(12-27(45-23-17-43-18-23)39(46-33)13-21-7-8-22(34)11-25(21)35)26-15-37(19)32(42)28-30(44-16-20-5-3-2-4-6-20)29(40)24(31(36)41)14-38(26)28/h2-11,14,19,23,26-27H,12-13,15-18H2,1H3,(H2,36,41)/t19-,26+,27?,33+/m0/s1. The van der Waals surface area contributed by atoms with Gasteiger partial charge in [-0.05, 0) is 18.6 Å². The molecule has 2 amide bonds. The molecule has 1 unspecified atom stereocenters. The lowest BCUT2D eigenvalue weighted by Crippen LogP contribution is -2.53. The molecule has 2 fully saturated rings. The van der Waals surface area contributed by atoms with Crippen LogP contribution in [0.2, 0.25) is 0 Å². The molecule has 2 N–H and O–H groups in total. The molecule has 0 aliphatic carbocycles. The maximum absolute atomic E-state index is 14.8. The number of pyridine rings is 1. The molecule has 13 heteroatoms. The Kier molecular flexibility index (Phi) is 7.71. The van der Waals surface area contributed by atoms with Crippen LogP contribution in [0.4, 0.5) is 8.78 Å². The van der Waals surface area contributed by atoms with E-state index in [0.29, 0.717) is 13.2 Å². The van der Waals surface area contributed by atoms with Crippen molar-refractivity contribution < 1.29 is 37.4 Å². The van der Waals surface area contributed by atoms with Crippen LogP contribution in [-0.4, -0.2) is 70.1 Å². The summed E-state index contributed by atoms with van der Waals surface area (Å²) in [7, 11) is 0. The lowest BCUT2D eigenvalue weighted by molar-refractivity contribution is -0.269. The number of benzene rings is 2. The van der Waals surface area contributed by atoms with Gasteiger partial charge >= 0.3 is 0 Å². The number of hydrogen-bond donors (Lipinski definition) is 1. The van der Waals surface area contributed by atoms with Gasteiger partial charge in [0.25, 0.3) is 11.8 Å². The Morgan fingerprint density at radius 3 is 2.61 bits per heavy atom. The number of aromatic nitrogens is 1. The van der Waals surface area contributed by atoms with Crippen LogP contribution in [0.25, 0.3) is 0 Å². The van der Waals surface area contributed by atoms with Crippen LogP contribution >= 0.6 is 0 Å². The molecule has 1 spiro atoms. The van der Waals surface area contributed by atoms with Crippen LogP contribution in [0.3, 0.4) is 0 Å². The van der Waals surface area contributed by atoms with E-state index in [0.717, 1.165) is 11.6 Å². The van der Waals surface area contributed by atoms with Gasteiger partial charge in [0, 0.05) is 36.8 Å². The molecule has 4 aliphatic heterocycles. The number of carbonyl (C=O) groups is 2. The largest absolute Gasteiger partial charge is 0.483 e. The van der Waals surface area contributed by atoms with Gasteiger partial charge in [0.05, 0.1) is 25.8 Å². The first-order valence-corrected chi connectivity index (χ1v) is 15.0. The van der Waals surface area contributed by atoms with Crippen LogP contribution in [-0.2, 0) is 27.5 Å². The van der Waals surface area contributed by atoms with Crippen molar-refractivity contribution in [1.29, 1.82) is 0 Å². The molecule has 5 heterocycles. The van der Waals surface area contributed by atoms with Crippen molar-refractivity contribution in [2.24, 2.45) is 5.73 Å². The quantitative estimate of drug-likeness (QED) is 0.375. The number of carbonyl (C=O) groups excluding carboxylic acids is 2. The summed E-state index contributed by atoms with van der Waals surface area (Å²) in [5.74, 6) is -3.15. The molecule has 4 atom stereocenters. The summed E-state index contributed by atoms with van der Waals surface area (Å²) in [4.78, 5) is 48.5. The van der Waals surface area contributed by atoms with E-state index in [4.69, 9.17) is 24.8 Å². The molecular weight excluding hydrogens is 602 g/mol. The molecule has 2 saturated heterocycles. The number of nitrogens with zero attached hydrogens (tertiary/aromatic N) is 3. The maximum Gasteiger partial charge on any atom is 0.275 e. The molecule has 240 valence electrons. The van der Waals surface area contributed by atoms with Crippen LogP contribution in [0.1, 0.15) is 51.4 Å². The fourth-order valence-electron chi connectivity index (χ4n) is 6.42. The highest BCUT2D eigenvalue weighted by Gasteiger charge is 2.56. The van der Waals surface area contributed by atoms with Crippen LogP contribution in [0, 0.1) is 11.6 Å². The van der Waals surface area contributed by atoms with Gasteiger partial charge in [0.15, 0.2) is 11.4 Å². The first-order chi connectivity index (χ1) is 22.1. The van der Waals surface area contributed by atoms with Crippen molar-refractivity contribution in [2.75, 3.05) is 19.8 Å². The number of hydroxylamine groups is 2. The van der Waals surface area contributed by atoms with Crippen LogP contribution in [0.15, 0.2) is 71.7 Å². The predicted octanol–water partition coefficient (Wildman–Crippen LogP) is 3.08. The Morgan fingerprint density at radius 1 is 1.13 bits per heavy atom. The number of halogens is 2. The number of primary amides is 1. The topological polar surface area (TPSA) is 126 Å². The van der Waals surface area contributed by atoms with Crippen molar-refractivity contribution in [3.05, 3.63) is 111 Å². The summed E-state index contributed by atoms with van der Waals surface area (Å²) in [6.07, 6.45) is 4.32. The molecular formula is C33H32F2N4O7. The number of nitrogens with two attached hydrogens (primary N) is 1. The van der Waals surface area contributed by atoms with E-state index in [2.05, 4.69) is 0 Å². The summed E-state index contributed by atoms with van der Waals surface area (Å²) in [5.41, 5.74) is 4.26. The average molecular weight is 635 g/mol. The van der Waals surface area contributed by atoms with Crippen molar-refractivity contribution >= 4 is 11.8 Å². The zero-order valence-corrected chi connectivity index (χ0v) is 24.9. The van der Waals surface area contributed by atoms with Gasteiger partial charge in [0.1, 0.15) is 41.7 Å². The Bertz CT molecular complexity index is 1780. The third-order valence-electron chi connectivity index (χ3n) is 8.97. The average Bonchev–Trinajstić information content (AvgIpc) is 3.30. The number of fused-ring (bicyclic) bond motifs is 5. The molecule has 2 bridgehead atoms. The third kappa shape index (κ3) is 5.28. The zero-order valence-electron chi connectivity index (χ0n) is 24.9. The van der Waals surface area contributed by atoms with E-state index < -0.39 is 52.8 Å². The molecule has 0 saturated carbocycles. The van der Waals surface area contributed by atoms with Gasteiger partial charge < -0.3 is 29.4 Å². The van der Waals surface area contributed by atoms with E-state index >= 15 is 0 Å². The normalized spacial score (nSPS) is 25.8. The number of hydrogen-bond acceptors (Lipinski definition) is 8. The summed E-state index contributed by atoms with van der Waals surface area (Å²) in [5, 5.41) is 1.51. The Balaban J connectivity index is 1.33. The van der Waals surface area contributed by atoms with Gasteiger partial charge in [-0.25, -0.2) is 8.78 Å². The highest BCUT2D eigenvalue weighted by molar-refractivity contribution is 5.99. The van der Waals surface area contributed by atoms with Crippen LogP contribution < -0.4 is 15.9 Å². The monoisotopic (exact) mass is 634 g/mol. The van der Waals surface area contributed by atoms with E-state index in [9.17, 15) is 23.2 Å². The number of rotatable bonds is 8. The summed E-state index contributed by atoms with van der Waals surface area (Å²) >= 11 is 0. The van der Waals surface area contributed by atoms with E-state index in [-0.39, 0.29) is 54.8 Å². The van der Waals surface area contributed by atoms with Gasteiger partial charge in [-0.15, -0.1) is 0 Å². The minimum Gasteiger partial charge on any atom is -0.483 e. The van der Waals surface area contributed by atoms with Crippen LogP contribution in [0.5, 0.6) is 5.75 Å². The highest BCUT2D eigenvalue weighted by atomic mass is 19.1. The minimum absolute atomic E-state index is 0.0327. The lowest BCUT2D eigenvalue weighted by atomic mass is 9.88. The molecule has 1 aromatic heterocycles. The van der Waals surface area contributed by atoms with Gasteiger partial charge in [-0.1, -0.05) is 48.6 Å². The van der Waals surface area contributed by atoms with Crippen molar-refractivity contribution in [3.63, 3.8) is 0 Å². The summed E-state index contributed by atoms with van der Waals surface area (Å²) in [6.45, 7) is 2.66. The fourth-order valence-corrected chi connectivity index (χ4v) is 6.42. The first-order valence-electron chi connectivity index (χ1n) is 15.0. The number of amides is 2. The van der Waals surface area contributed by atoms with Gasteiger partial charge in [-0.3, -0.25) is 19.2 Å².